The molecule has 170 valence electrons. The molecule has 0 atom stereocenters. The molecule has 0 spiro atoms. The van der Waals surface area contributed by atoms with Gasteiger partial charge in [0.1, 0.15) is 11.3 Å². The van der Waals surface area contributed by atoms with Crippen molar-refractivity contribution in [3.8, 4) is 22.5 Å². The maximum Gasteiger partial charge on any atom is 0.273 e. The van der Waals surface area contributed by atoms with E-state index in [4.69, 9.17) is 4.98 Å². The van der Waals surface area contributed by atoms with Gasteiger partial charge in [-0.3, -0.25) is 24.5 Å². The zero-order chi connectivity index (χ0) is 23.8. The number of nitrogens with zero attached hydrogens (tertiary/aromatic N) is 6. The smallest absolute Gasteiger partial charge is 0.273 e. The Bertz CT molecular complexity index is 1610. The van der Waals surface area contributed by atoms with Crippen LogP contribution in [0.2, 0.25) is 0 Å². The highest BCUT2D eigenvalue weighted by molar-refractivity contribution is 5.97. The minimum Gasteiger partial charge on any atom is -0.310 e. The number of aromatic amines is 1. The number of amides is 1. The van der Waals surface area contributed by atoms with Crippen molar-refractivity contribution in [1.82, 2.24) is 34.6 Å². The molecule has 5 rings (SSSR count). The van der Waals surface area contributed by atoms with Crippen molar-refractivity contribution in [2.75, 3.05) is 5.32 Å². The summed E-state index contributed by atoms with van der Waals surface area (Å²) >= 11 is 0. The second-order valence-electron chi connectivity index (χ2n) is 7.57. The lowest BCUT2D eigenvalue weighted by Crippen LogP contribution is -2.15. The fourth-order valence-electron chi connectivity index (χ4n) is 3.67. The zero-order valence-corrected chi connectivity index (χ0v) is 18.4. The third-order valence-corrected chi connectivity index (χ3v) is 5.40. The molecule has 2 N–H and O–H groups in total. The van der Waals surface area contributed by atoms with Gasteiger partial charge in [-0.25, -0.2) is 4.98 Å². The Kier molecular flexibility index (Phi) is 5.21. The van der Waals surface area contributed by atoms with Crippen LogP contribution in [0.15, 0.2) is 53.5 Å². The van der Waals surface area contributed by atoms with Crippen molar-refractivity contribution in [2.24, 2.45) is 0 Å². The molecule has 0 aliphatic rings. The van der Waals surface area contributed by atoms with Crippen LogP contribution >= 0.6 is 0 Å². The Morgan fingerprint density at radius 1 is 1.06 bits per heavy atom. The molecule has 0 saturated carbocycles. The molecule has 0 aliphatic carbocycles. The lowest BCUT2D eigenvalue weighted by Gasteiger charge is -2.05. The molecule has 4 aromatic heterocycles. The van der Waals surface area contributed by atoms with E-state index in [0.717, 1.165) is 0 Å². The quantitative estimate of drug-likeness (QED) is 0.414. The number of carbonyl (C=O) groups is 2. The SMILES string of the molecule is CCC(=O)Nc1[nH]n2c(=O)cc(-c3ccc4c(c3)nnn4C(=O)CC)nc2c1-c1ccccn1. The van der Waals surface area contributed by atoms with Gasteiger partial charge in [-0.1, -0.05) is 31.2 Å². The summed E-state index contributed by atoms with van der Waals surface area (Å²) in [6.45, 7) is 3.49. The summed E-state index contributed by atoms with van der Waals surface area (Å²) in [6, 6.07) is 12.0. The van der Waals surface area contributed by atoms with Crippen molar-refractivity contribution in [3.05, 3.63) is 59.0 Å². The second-order valence-corrected chi connectivity index (χ2v) is 7.57. The number of hydrogen-bond donors (Lipinski definition) is 2. The minimum atomic E-state index is -0.362. The molecule has 11 nitrogen and oxygen atoms in total. The van der Waals surface area contributed by atoms with E-state index in [1.807, 2.05) is 6.07 Å². The van der Waals surface area contributed by atoms with Crippen molar-refractivity contribution in [3.63, 3.8) is 0 Å². The number of aromatic nitrogens is 7. The number of fused-ring (bicyclic) bond motifs is 2. The van der Waals surface area contributed by atoms with E-state index >= 15 is 0 Å². The second kappa shape index (κ2) is 8.35. The molecular formula is C23H20N8O3. The van der Waals surface area contributed by atoms with Gasteiger partial charge in [-0.2, -0.15) is 9.20 Å². The summed E-state index contributed by atoms with van der Waals surface area (Å²) in [5.41, 5.74) is 3.14. The van der Waals surface area contributed by atoms with Crippen LogP contribution in [-0.4, -0.2) is 46.4 Å². The number of hydrogen-bond acceptors (Lipinski definition) is 7. The van der Waals surface area contributed by atoms with Crippen LogP contribution < -0.4 is 10.9 Å². The summed E-state index contributed by atoms with van der Waals surface area (Å²) in [4.78, 5) is 46.3. The number of rotatable bonds is 5. The fourth-order valence-corrected chi connectivity index (χ4v) is 3.67. The van der Waals surface area contributed by atoms with E-state index in [-0.39, 0.29) is 23.8 Å². The highest BCUT2D eigenvalue weighted by Gasteiger charge is 2.20. The average molecular weight is 456 g/mol. The van der Waals surface area contributed by atoms with Crippen LogP contribution in [0, 0.1) is 0 Å². The van der Waals surface area contributed by atoms with Crippen LogP contribution in [0.5, 0.6) is 0 Å². The van der Waals surface area contributed by atoms with Gasteiger partial charge >= 0.3 is 0 Å². The summed E-state index contributed by atoms with van der Waals surface area (Å²) in [5.74, 6) is -0.0435. The van der Waals surface area contributed by atoms with Crippen LogP contribution in [0.4, 0.5) is 5.82 Å². The zero-order valence-electron chi connectivity index (χ0n) is 18.4. The first kappa shape index (κ1) is 21.2. The fraction of sp³-hybridized carbons (Fsp3) is 0.174. The Morgan fingerprint density at radius 2 is 1.91 bits per heavy atom. The molecule has 0 bridgehead atoms. The summed E-state index contributed by atoms with van der Waals surface area (Å²) in [5, 5.41) is 13.7. The van der Waals surface area contributed by atoms with Crippen molar-refractivity contribution in [2.45, 2.75) is 26.7 Å². The van der Waals surface area contributed by atoms with Crippen LogP contribution in [0.25, 0.3) is 39.2 Å². The van der Waals surface area contributed by atoms with E-state index in [1.165, 1.54) is 15.3 Å². The first-order valence-electron chi connectivity index (χ1n) is 10.8. The third kappa shape index (κ3) is 3.52. The van der Waals surface area contributed by atoms with E-state index in [2.05, 4.69) is 25.7 Å². The van der Waals surface area contributed by atoms with E-state index in [1.54, 1.807) is 50.4 Å². The van der Waals surface area contributed by atoms with Gasteiger partial charge in [0.25, 0.3) is 5.56 Å². The summed E-state index contributed by atoms with van der Waals surface area (Å²) in [7, 11) is 0. The van der Waals surface area contributed by atoms with Gasteiger partial charge in [0.05, 0.1) is 22.5 Å². The lowest BCUT2D eigenvalue weighted by atomic mass is 10.1. The number of anilines is 1. The predicted octanol–water partition coefficient (Wildman–Crippen LogP) is 2.90. The molecular weight excluding hydrogens is 436 g/mol. The first-order chi connectivity index (χ1) is 16.5. The van der Waals surface area contributed by atoms with Crippen LogP contribution in [0.1, 0.15) is 31.5 Å². The molecule has 34 heavy (non-hydrogen) atoms. The predicted molar refractivity (Wildman–Crippen MR) is 125 cm³/mol. The Labute approximate surface area is 192 Å². The molecule has 11 heteroatoms. The number of pyridine rings is 1. The molecule has 1 amide bonds. The van der Waals surface area contributed by atoms with E-state index in [0.29, 0.717) is 51.4 Å². The van der Waals surface area contributed by atoms with Crippen LogP contribution in [-0.2, 0) is 4.79 Å². The molecule has 0 saturated heterocycles. The Hall–Kier alpha value is -4.67. The van der Waals surface area contributed by atoms with Gasteiger partial charge in [0, 0.05) is 30.7 Å². The number of nitrogens with one attached hydrogen (secondary N) is 2. The molecule has 0 aliphatic heterocycles. The van der Waals surface area contributed by atoms with Gasteiger partial charge < -0.3 is 5.32 Å². The van der Waals surface area contributed by atoms with Crippen molar-refractivity contribution >= 4 is 34.3 Å². The number of benzene rings is 1. The monoisotopic (exact) mass is 456 g/mol. The Balaban J connectivity index is 1.70. The largest absolute Gasteiger partial charge is 0.310 e. The van der Waals surface area contributed by atoms with Crippen molar-refractivity contribution < 1.29 is 9.59 Å². The topological polar surface area (TPSA) is 140 Å². The molecule has 1 aromatic carbocycles. The maximum absolute atomic E-state index is 13.0. The first-order valence-corrected chi connectivity index (χ1v) is 10.8. The summed E-state index contributed by atoms with van der Waals surface area (Å²) in [6.07, 6.45) is 2.20. The van der Waals surface area contributed by atoms with Gasteiger partial charge in [0.15, 0.2) is 5.65 Å². The van der Waals surface area contributed by atoms with Gasteiger partial charge in [0.2, 0.25) is 11.8 Å². The maximum atomic E-state index is 13.0. The minimum absolute atomic E-state index is 0.165. The Morgan fingerprint density at radius 3 is 2.65 bits per heavy atom. The number of H-pyrrole nitrogens is 1. The standard InChI is InChI=1S/C23H20N8O3/c1-3-18(32)26-22-21(14-7-5-6-10-24-14)23-25-15(12-20(34)31(23)28-22)13-8-9-17-16(11-13)27-29-30(17)19(33)4-2/h5-12,28H,3-4H2,1-2H3,(H,26,32). The molecule has 0 radical (unpaired) electrons. The van der Waals surface area contributed by atoms with Gasteiger partial charge in [-0.15, -0.1) is 5.10 Å². The highest BCUT2D eigenvalue weighted by atomic mass is 16.2. The third-order valence-electron chi connectivity index (χ3n) is 5.40. The molecule has 0 fully saturated rings. The molecule has 0 unspecified atom stereocenters. The van der Waals surface area contributed by atoms with E-state index in [9.17, 15) is 14.4 Å². The lowest BCUT2D eigenvalue weighted by molar-refractivity contribution is -0.115. The normalized spacial score (nSPS) is 11.2. The summed E-state index contributed by atoms with van der Waals surface area (Å²) < 4.78 is 2.53. The van der Waals surface area contributed by atoms with E-state index < -0.39 is 0 Å². The van der Waals surface area contributed by atoms with Crippen LogP contribution in [0.3, 0.4) is 0 Å². The van der Waals surface area contributed by atoms with Crippen molar-refractivity contribution in [1.29, 1.82) is 0 Å². The molecule has 5 aromatic rings. The molecule has 4 heterocycles. The highest BCUT2D eigenvalue weighted by Crippen LogP contribution is 2.30. The van der Waals surface area contributed by atoms with Gasteiger partial charge in [-0.05, 0) is 24.3 Å². The average Bonchev–Trinajstić information content (AvgIpc) is 3.45. The number of carbonyl (C=O) groups excluding carboxylic acids is 2.